The molecule has 60 valence electrons. The smallest absolute Gasteiger partial charge is 0.00926 e. The molecule has 1 aliphatic heterocycles. The molecule has 1 nitrogen and oxygen atoms in total. The fourth-order valence-electron chi connectivity index (χ4n) is 1.93. The van der Waals surface area contributed by atoms with E-state index in [1.807, 2.05) is 0 Å². The highest BCUT2D eigenvalue weighted by Crippen LogP contribution is 2.25. The zero-order chi connectivity index (χ0) is 7.56. The van der Waals surface area contributed by atoms with Crippen molar-refractivity contribution in [1.82, 2.24) is 4.90 Å². The van der Waals surface area contributed by atoms with Gasteiger partial charge in [-0.15, -0.1) is 0 Å². The van der Waals surface area contributed by atoms with Gasteiger partial charge in [-0.2, -0.15) is 0 Å². The average Bonchev–Trinajstić information content (AvgIpc) is 2.20. The molecule has 1 rings (SSSR count). The highest BCUT2D eigenvalue weighted by molar-refractivity contribution is 4.80. The third-order valence-corrected chi connectivity index (χ3v) is 2.89. The first kappa shape index (κ1) is 8.06. The maximum absolute atomic E-state index is 2.47. The molecule has 10 heavy (non-hydrogen) atoms. The summed E-state index contributed by atoms with van der Waals surface area (Å²) >= 11 is 0. The van der Waals surface area contributed by atoms with Crippen molar-refractivity contribution in [3.63, 3.8) is 0 Å². The fraction of sp³-hybridized carbons (Fsp3) is 1.00. The molecule has 1 heteroatoms. The van der Waals surface area contributed by atoms with Crippen molar-refractivity contribution in [3.05, 3.63) is 0 Å². The number of hydrogen-bond acceptors (Lipinski definition) is 1. The molecule has 0 aromatic carbocycles. The molecular formula is C9H19N. The molecule has 1 heterocycles. The van der Waals surface area contributed by atoms with Crippen molar-refractivity contribution in [2.45, 2.75) is 39.2 Å². The summed E-state index contributed by atoms with van der Waals surface area (Å²) in [6.45, 7) is 5.95. The average molecular weight is 141 g/mol. The maximum Gasteiger partial charge on any atom is 0.00926 e. The Labute approximate surface area is 64.4 Å². The molecule has 0 spiro atoms. The van der Waals surface area contributed by atoms with Gasteiger partial charge in [-0.05, 0) is 39.3 Å². The molecular weight excluding hydrogens is 122 g/mol. The van der Waals surface area contributed by atoms with Gasteiger partial charge in [0.25, 0.3) is 0 Å². The predicted octanol–water partition coefficient (Wildman–Crippen LogP) is 2.13. The van der Waals surface area contributed by atoms with Crippen LogP contribution in [0.2, 0.25) is 0 Å². The van der Waals surface area contributed by atoms with Crippen molar-refractivity contribution in [2.75, 3.05) is 13.6 Å². The zero-order valence-electron chi connectivity index (χ0n) is 7.43. The van der Waals surface area contributed by atoms with Crippen molar-refractivity contribution < 1.29 is 0 Å². The lowest BCUT2D eigenvalue weighted by atomic mass is 9.97. The minimum absolute atomic E-state index is 0.833. The zero-order valence-corrected chi connectivity index (χ0v) is 7.43. The van der Waals surface area contributed by atoms with Crippen LogP contribution in [-0.2, 0) is 0 Å². The van der Waals surface area contributed by atoms with Crippen molar-refractivity contribution in [1.29, 1.82) is 0 Å². The molecule has 0 aromatic rings. The summed E-state index contributed by atoms with van der Waals surface area (Å²) in [5, 5.41) is 0. The lowest BCUT2D eigenvalue weighted by Gasteiger charge is -2.19. The quantitative estimate of drug-likeness (QED) is 0.569. The van der Waals surface area contributed by atoms with Crippen molar-refractivity contribution >= 4 is 0 Å². The molecule has 1 saturated heterocycles. The molecule has 2 unspecified atom stereocenters. The summed E-state index contributed by atoms with van der Waals surface area (Å²) in [5.74, 6) is 0.981. The Hall–Kier alpha value is -0.0400. The molecule has 0 saturated carbocycles. The van der Waals surface area contributed by atoms with Crippen LogP contribution in [0.1, 0.15) is 33.1 Å². The van der Waals surface area contributed by atoms with Crippen LogP contribution < -0.4 is 0 Å². The number of hydrogen-bond donors (Lipinski definition) is 0. The Morgan fingerprint density at radius 2 is 2.20 bits per heavy atom. The summed E-state index contributed by atoms with van der Waals surface area (Å²) in [5.41, 5.74) is 0. The Kier molecular flexibility index (Phi) is 2.72. The van der Waals surface area contributed by atoms with Crippen LogP contribution in [0.25, 0.3) is 0 Å². The lowest BCUT2D eigenvalue weighted by Crippen LogP contribution is -2.25. The highest BCUT2D eigenvalue weighted by Gasteiger charge is 2.26. The van der Waals surface area contributed by atoms with E-state index < -0.39 is 0 Å². The monoisotopic (exact) mass is 141 g/mol. The van der Waals surface area contributed by atoms with E-state index in [1.54, 1.807) is 0 Å². The van der Waals surface area contributed by atoms with E-state index in [4.69, 9.17) is 0 Å². The van der Waals surface area contributed by atoms with Gasteiger partial charge in [0.15, 0.2) is 0 Å². The second-order valence-electron chi connectivity index (χ2n) is 3.56. The van der Waals surface area contributed by atoms with E-state index in [1.165, 1.54) is 25.8 Å². The first-order chi connectivity index (χ1) is 4.75. The molecule has 0 aliphatic carbocycles. The van der Waals surface area contributed by atoms with Crippen LogP contribution >= 0.6 is 0 Å². The molecule has 0 amide bonds. The molecule has 0 aromatic heterocycles. The van der Waals surface area contributed by atoms with Gasteiger partial charge >= 0.3 is 0 Å². The minimum Gasteiger partial charge on any atom is -0.303 e. The Balaban J connectivity index is 2.33. The van der Waals surface area contributed by atoms with Gasteiger partial charge in [-0.3, -0.25) is 0 Å². The van der Waals surface area contributed by atoms with Crippen molar-refractivity contribution in [2.24, 2.45) is 5.92 Å². The maximum atomic E-state index is 2.47. The normalized spacial score (nSPS) is 35.1. The molecule has 1 fully saturated rings. The van der Waals surface area contributed by atoms with Crippen LogP contribution in [0.5, 0.6) is 0 Å². The van der Waals surface area contributed by atoms with Crippen molar-refractivity contribution in [3.8, 4) is 0 Å². The summed E-state index contributed by atoms with van der Waals surface area (Å²) in [6.07, 6.45) is 4.19. The van der Waals surface area contributed by atoms with E-state index in [9.17, 15) is 0 Å². The molecule has 1 aliphatic rings. The van der Waals surface area contributed by atoms with Gasteiger partial charge in [0, 0.05) is 6.04 Å². The topological polar surface area (TPSA) is 3.24 Å². The van der Waals surface area contributed by atoms with Crippen LogP contribution in [0.15, 0.2) is 0 Å². The largest absolute Gasteiger partial charge is 0.303 e. The molecule has 0 N–H and O–H groups in total. The Morgan fingerprint density at radius 3 is 2.60 bits per heavy atom. The van der Waals surface area contributed by atoms with Gasteiger partial charge in [0.1, 0.15) is 0 Å². The second-order valence-corrected chi connectivity index (χ2v) is 3.56. The van der Waals surface area contributed by atoms with E-state index in [0.29, 0.717) is 0 Å². The predicted molar refractivity (Wildman–Crippen MR) is 45.1 cm³/mol. The number of nitrogens with zero attached hydrogens (tertiary/aromatic N) is 1. The molecule has 0 radical (unpaired) electrons. The van der Waals surface area contributed by atoms with Gasteiger partial charge < -0.3 is 4.90 Å². The second kappa shape index (κ2) is 3.38. The number of likely N-dealkylation sites (tertiary alicyclic amines) is 1. The van der Waals surface area contributed by atoms with Crippen LogP contribution in [-0.4, -0.2) is 24.5 Å². The van der Waals surface area contributed by atoms with E-state index in [0.717, 1.165) is 12.0 Å². The first-order valence-corrected chi connectivity index (χ1v) is 4.46. The molecule has 0 bridgehead atoms. The molecule has 2 atom stereocenters. The van der Waals surface area contributed by atoms with Crippen LogP contribution in [0.4, 0.5) is 0 Å². The standard InChI is InChI=1S/C9H19N/c1-4-5-9-6-7-10(3)8(9)2/h8-9H,4-7H2,1-3H3. The van der Waals surface area contributed by atoms with Gasteiger partial charge in [-0.25, -0.2) is 0 Å². The summed E-state index contributed by atoms with van der Waals surface area (Å²) in [7, 11) is 2.24. The van der Waals surface area contributed by atoms with E-state index >= 15 is 0 Å². The van der Waals surface area contributed by atoms with E-state index in [2.05, 4.69) is 25.8 Å². The minimum atomic E-state index is 0.833. The SMILES string of the molecule is CCCC1CCN(C)C1C. The van der Waals surface area contributed by atoms with Gasteiger partial charge in [0.05, 0.1) is 0 Å². The Morgan fingerprint density at radius 1 is 1.50 bits per heavy atom. The third kappa shape index (κ3) is 1.51. The lowest BCUT2D eigenvalue weighted by molar-refractivity contribution is 0.284. The van der Waals surface area contributed by atoms with Gasteiger partial charge in [-0.1, -0.05) is 13.3 Å². The fourth-order valence-corrected chi connectivity index (χ4v) is 1.93. The first-order valence-electron chi connectivity index (χ1n) is 4.46. The van der Waals surface area contributed by atoms with Crippen LogP contribution in [0.3, 0.4) is 0 Å². The number of rotatable bonds is 2. The summed E-state index contributed by atoms with van der Waals surface area (Å²) in [6, 6.07) is 0.833. The Bertz CT molecular complexity index is 98.9. The summed E-state index contributed by atoms with van der Waals surface area (Å²) in [4.78, 5) is 2.47. The van der Waals surface area contributed by atoms with E-state index in [-0.39, 0.29) is 0 Å². The van der Waals surface area contributed by atoms with Crippen LogP contribution in [0, 0.1) is 5.92 Å². The summed E-state index contributed by atoms with van der Waals surface area (Å²) < 4.78 is 0. The third-order valence-electron chi connectivity index (χ3n) is 2.89. The highest BCUT2D eigenvalue weighted by atomic mass is 15.1. The van der Waals surface area contributed by atoms with Gasteiger partial charge in [0.2, 0.25) is 0 Å².